The quantitative estimate of drug-likeness (QED) is 0.807. The molecule has 3 heteroatoms. The second kappa shape index (κ2) is 6.34. The maximum absolute atomic E-state index is 5.31. The molecule has 3 nitrogen and oxygen atoms in total. The Hall–Kier alpha value is -1.64. The van der Waals surface area contributed by atoms with Crippen molar-refractivity contribution in [3.8, 4) is 5.75 Å². The van der Waals surface area contributed by atoms with E-state index in [0.29, 0.717) is 0 Å². The highest BCUT2D eigenvalue weighted by Crippen LogP contribution is 2.25. The molecule has 0 unspecified atom stereocenters. The number of benzene rings is 1. The summed E-state index contributed by atoms with van der Waals surface area (Å²) in [5.41, 5.74) is 3.12. The van der Waals surface area contributed by atoms with Crippen LogP contribution >= 0.6 is 0 Å². The van der Waals surface area contributed by atoms with Crippen LogP contribution in [0.2, 0.25) is 0 Å². The zero-order valence-corrected chi connectivity index (χ0v) is 12.2. The predicted molar refractivity (Wildman–Crippen MR) is 76.3 cm³/mol. The van der Waals surface area contributed by atoms with E-state index in [2.05, 4.69) is 23.0 Å². The molecule has 0 radical (unpaired) electrons. The van der Waals surface area contributed by atoms with Crippen LogP contribution in [0.3, 0.4) is 0 Å². The summed E-state index contributed by atoms with van der Waals surface area (Å²) >= 11 is 0. The third kappa shape index (κ3) is 2.78. The number of hydrogen-bond acceptors (Lipinski definition) is 3. The van der Waals surface area contributed by atoms with Crippen LogP contribution in [0.25, 0.3) is 10.9 Å². The lowest BCUT2D eigenvalue weighted by molar-refractivity contribution is 0.412. The van der Waals surface area contributed by atoms with Crippen molar-refractivity contribution >= 4 is 10.9 Å². The number of hydrogen-bond donors (Lipinski definition) is 0. The summed E-state index contributed by atoms with van der Waals surface area (Å²) in [7, 11) is 1.69. The van der Waals surface area contributed by atoms with Gasteiger partial charge in [0.2, 0.25) is 0 Å². The molecule has 0 N–H and O–H groups in total. The highest BCUT2D eigenvalue weighted by molar-refractivity contribution is 5.83. The average molecular weight is 246 g/mol. The third-order valence-corrected chi connectivity index (χ3v) is 2.77. The van der Waals surface area contributed by atoms with Gasteiger partial charge >= 0.3 is 0 Å². The molecule has 1 heterocycles. The molecule has 2 aromatic rings. The molecule has 0 aliphatic rings. The first-order valence-corrected chi connectivity index (χ1v) is 6.47. The van der Waals surface area contributed by atoms with Crippen molar-refractivity contribution in [2.45, 2.75) is 41.0 Å². The van der Waals surface area contributed by atoms with Gasteiger partial charge in [0.15, 0.2) is 0 Å². The summed E-state index contributed by atoms with van der Waals surface area (Å²) in [6.07, 6.45) is 0.863. The van der Waals surface area contributed by atoms with Crippen LogP contribution in [0.5, 0.6) is 5.75 Å². The number of rotatable bonds is 2. The van der Waals surface area contributed by atoms with E-state index in [0.717, 1.165) is 40.2 Å². The maximum atomic E-state index is 5.31. The summed E-state index contributed by atoms with van der Waals surface area (Å²) in [5.74, 6) is 1.79. The molecule has 2 rings (SSSR count). The lowest BCUT2D eigenvalue weighted by atomic mass is 10.1. The van der Waals surface area contributed by atoms with Crippen molar-refractivity contribution in [1.29, 1.82) is 0 Å². The van der Waals surface area contributed by atoms with E-state index in [1.807, 2.05) is 33.8 Å². The zero-order valence-electron chi connectivity index (χ0n) is 12.2. The van der Waals surface area contributed by atoms with Crippen LogP contribution in [0, 0.1) is 13.8 Å². The molecule has 0 amide bonds. The number of aryl methyl sites for hydroxylation is 3. The molecule has 1 aromatic carbocycles. The van der Waals surface area contributed by atoms with Crippen LogP contribution in [-0.2, 0) is 6.42 Å². The summed E-state index contributed by atoms with van der Waals surface area (Å²) in [4.78, 5) is 8.98. The van der Waals surface area contributed by atoms with Gasteiger partial charge in [-0.1, -0.05) is 20.8 Å². The van der Waals surface area contributed by atoms with E-state index in [1.54, 1.807) is 7.11 Å². The molecule has 0 atom stereocenters. The van der Waals surface area contributed by atoms with Gasteiger partial charge in [0.05, 0.1) is 12.6 Å². The fraction of sp³-hybridized carbons (Fsp3) is 0.467. The van der Waals surface area contributed by atoms with Gasteiger partial charge < -0.3 is 4.74 Å². The number of ether oxygens (including phenoxy) is 1. The SMILES string of the molecule is CC.CCc1nc(C)c2cc(OC)c(C)cc2n1. The van der Waals surface area contributed by atoms with Crippen molar-refractivity contribution in [2.24, 2.45) is 0 Å². The van der Waals surface area contributed by atoms with E-state index >= 15 is 0 Å². The predicted octanol–water partition coefficient (Wildman–Crippen LogP) is 3.84. The van der Waals surface area contributed by atoms with Crippen molar-refractivity contribution in [2.75, 3.05) is 7.11 Å². The Morgan fingerprint density at radius 2 is 1.78 bits per heavy atom. The van der Waals surface area contributed by atoms with E-state index in [4.69, 9.17) is 4.74 Å². The number of aromatic nitrogens is 2. The van der Waals surface area contributed by atoms with Crippen molar-refractivity contribution < 1.29 is 4.74 Å². The second-order valence-electron chi connectivity index (χ2n) is 3.92. The summed E-state index contributed by atoms with van der Waals surface area (Å²) in [6.45, 7) is 10.1. The summed E-state index contributed by atoms with van der Waals surface area (Å²) in [6, 6.07) is 4.07. The first-order valence-electron chi connectivity index (χ1n) is 6.47. The monoisotopic (exact) mass is 246 g/mol. The Kier molecular flexibility index (Phi) is 5.08. The number of fused-ring (bicyclic) bond motifs is 1. The fourth-order valence-electron chi connectivity index (χ4n) is 1.85. The van der Waals surface area contributed by atoms with Gasteiger partial charge in [0.25, 0.3) is 0 Å². The largest absolute Gasteiger partial charge is 0.496 e. The maximum Gasteiger partial charge on any atom is 0.129 e. The first-order chi connectivity index (χ1) is 8.65. The third-order valence-electron chi connectivity index (χ3n) is 2.77. The number of methoxy groups -OCH3 is 1. The van der Waals surface area contributed by atoms with Crippen molar-refractivity contribution in [3.63, 3.8) is 0 Å². The highest BCUT2D eigenvalue weighted by Gasteiger charge is 2.07. The Balaban J connectivity index is 0.000000771. The lowest BCUT2D eigenvalue weighted by Gasteiger charge is -2.09. The normalized spacial score (nSPS) is 9.89. The second-order valence-corrected chi connectivity index (χ2v) is 3.92. The molecular formula is C15H22N2O. The lowest BCUT2D eigenvalue weighted by Crippen LogP contribution is -1.98. The summed E-state index contributed by atoms with van der Waals surface area (Å²) in [5, 5.41) is 1.07. The van der Waals surface area contributed by atoms with Crippen molar-refractivity contribution in [3.05, 3.63) is 29.2 Å². The molecule has 18 heavy (non-hydrogen) atoms. The smallest absolute Gasteiger partial charge is 0.129 e. The van der Waals surface area contributed by atoms with Crippen molar-refractivity contribution in [1.82, 2.24) is 9.97 Å². The Morgan fingerprint density at radius 3 is 2.33 bits per heavy atom. The van der Waals surface area contributed by atoms with Gasteiger partial charge in [0, 0.05) is 17.5 Å². The van der Waals surface area contributed by atoms with Gasteiger partial charge in [-0.15, -0.1) is 0 Å². The van der Waals surface area contributed by atoms with Gasteiger partial charge in [-0.3, -0.25) is 0 Å². The molecule has 1 aromatic heterocycles. The van der Waals surface area contributed by atoms with Crippen LogP contribution in [0.4, 0.5) is 0 Å². The summed E-state index contributed by atoms with van der Waals surface area (Å²) < 4.78 is 5.31. The van der Waals surface area contributed by atoms with Gasteiger partial charge in [-0.25, -0.2) is 9.97 Å². The molecule has 0 saturated carbocycles. The molecule has 0 aliphatic carbocycles. The molecule has 0 bridgehead atoms. The van der Waals surface area contributed by atoms with Gasteiger partial charge in [-0.05, 0) is 31.5 Å². The van der Waals surface area contributed by atoms with Crippen LogP contribution in [-0.4, -0.2) is 17.1 Å². The minimum Gasteiger partial charge on any atom is -0.496 e. The topological polar surface area (TPSA) is 35.0 Å². The minimum absolute atomic E-state index is 0.863. The molecule has 0 fully saturated rings. The average Bonchev–Trinajstić information content (AvgIpc) is 2.40. The minimum atomic E-state index is 0.863. The van der Waals surface area contributed by atoms with E-state index in [1.165, 1.54) is 0 Å². The molecule has 0 saturated heterocycles. The zero-order chi connectivity index (χ0) is 13.7. The highest BCUT2D eigenvalue weighted by atomic mass is 16.5. The van der Waals surface area contributed by atoms with Crippen LogP contribution in [0.15, 0.2) is 12.1 Å². The molecule has 0 spiro atoms. The molecule has 0 aliphatic heterocycles. The molecule has 98 valence electrons. The Labute approximate surface area is 109 Å². The van der Waals surface area contributed by atoms with Gasteiger partial charge in [0.1, 0.15) is 11.6 Å². The standard InChI is InChI=1S/C13H16N2O.C2H6/c1-5-13-14-9(3)10-7-12(16-4)8(2)6-11(10)15-13;1-2/h6-7H,5H2,1-4H3;1-2H3. The van der Waals surface area contributed by atoms with E-state index in [-0.39, 0.29) is 0 Å². The van der Waals surface area contributed by atoms with Crippen LogP contribution < -0.4 is 4.74 Å². The Bertz CT molecular complexity index is 535. The van der Waals surface area contributed by atoms with E-state index < -0.39 is 0 Å². The number of nitrogens with zero attached hydrogens (tertiary/aromatic N) is 2. The van der Waals surface area contributed by atoms with Crippen LogP contribution in [0.1, 0.15) is 37.9 Å². The Morgan fingerprint density at radius 1 is 1.11 bits per heavy atom. The molecular weight excluding hydrogens is 224 g/mol. The first kappa shape index (κ1) is 14.4. The fourth-order valence-corrected chi connectivity index (χ4v) is 1.85. The van der Waals surface area contributed by atoms with E-state index in [9.17, 15) is 0 Å². The van der Waals surface area contributed by atoms with Gasteiger partial charge in [-0.2, -0.15) is 0 Å².